The molecule has 1 heterocycles. The van der Waals surface area contributed by atoms with Gasteiger partial charge in [0.2, 0.25) is 0 Å². The van der Waals surface area contributed by atoms with E-state index in [1.54, 1.807) is 18.2 Å². The molecular formula is C26H23F4N. The first kappa shape index (κ1) is 22.6. The topological polar surface area (TPSA) is 12.9 Å². The molecule has 0 fully saturated rings. The van der Waals surface area contributed by atoms with Crippen LogP contribution in [0.15, 0.2) is 42.6 Å². The van der Waals surface area contributed by atoms with Crippen LogP contribution in [0.4, 0.5) is 17.6 Å². The van der Waals surface area contributed by atoms with Crippen LogP contribution in [-0.4, -0.2) is 4.98 Å². The molecule has 3 aromatic rings. The fraction of sp³-hybridized carbons (Fsp3) is 0.269. The second kappa shape index (κ2) is 10.3. The number of aryl methyl sites for hydroxylation is 2. The number of unbranched alkanes of at least 4 members (excludes halogenated alkanes) is 1. The van der Waals surface area contributed by atoms with Crippen molar-refractivity contribution in [2.45, 2.75) is 46.0 Å². The lowest BCUT2D eigenvalue weighted by Crippen LogP contribution is -1.98. The Hall–Kier alpha value is -3.13. The summed E-state index contributed by atoms with van der Waals surface area (Å²) in [5, 5.41) is 0. The Bertz CT molecular complexity index is 1120. The predicted octanol–water partition coefficient (Wildman–Crippen LogP) is 7.00. The second-order valence-electron chi connectivity index (χ2n) is 7.34. The highest BCUT2D eigenvalue weighted by atomic mass is 19.2. The molecule has 1 aromatic heterocycles. The van der Waals surface area contributed by atoms with Crippen molar-refractivity contribution < 1.29 is 17.6 Å². The van der Waals surface area contributed by atoms with E-state index in [1.807, 2.05) is 13.8 Å². The fourth-order valence-electron chi connectivity index (χ4n) is 3.28. The van der Waals surface area contributed by atoms with Gasteiger partial charge in [-0.05, 0) is 54.5 Å². The second-order valence-corrected chi connectivity index (χ2v) is 7.34. The van der Waals surface area contributed by atoms with Crippen molar-refractivity contribution in [1.29, 1.82) is 0 Å². The molecule has 0 aliphatic rings. The van der Waals surface area contributed by atoms with Gasteiger partial charge in [0, 0.05) is 17.3 Å². The lowest BCUT2D eigenvalue weighted by Gasteiger charge is -2.08. The van der Waals surface area contributed by atoms with Crippen molar-refractivity contribution in [2.24, 2.45) is 0 Å². The molecule has 0 spiro atoms. The first-order chi connectivity index (χ1) is 15.0. The summed E-state index contributed by atoms with van der Waals surface area (Å²) in [5.41, 5.74) is 1.45. The molecule has 0 saturated heterocycles. The molecule has 2 aromatic carbocycles. The van der Waals surface area contributed by atoms with Gasteiger partial charge < -0.3 is 0 Å². The summed E-state index contributed by atoms with van der Waals surface area (Å²) >= 11 is 0. The van der Waals surface area contributed by atoms with Crippen molar-refractivity contribution in [2.75, 3.05) is 0 Å². The molecule has 0 bridgehead atoms. The summed E-state index contributed by atoms with van der Waals surface area (Å²) in [6.45, 7) is 3.88. The summed E-state index contributed by atoms with van der Waals surface area (Å²) in [5.74, 6) is 1.67. The Morgan fingerprint density at radius 3 is 2.10 bits per heavy atom. The van der Waals surface area contributed by atoms with E-state index >= 15 is 0 Å². The standard InChI is InChI=1S/C26H23F4N/c1-3-5-7-18-12-15-22(26(30)25(18)29)20-11-14-21(31-16-20)13-10-19-9-8-17(6-4-2)23(27)24(19)28/h8-9,11-12,14-16H,3-7H2,1-2H3. The highest BCUT2D eigenvalue weighted by Crippen LogP contribution is 2.27. The van der Waals surface area contributed by atoms with E-state index in [0.29, 0.717) is 41.6 Å². The van der Waals surface area contributed by atoms with E-state index < -0.39 is 23.3 Å². The van der Waals surface area contributed by atoms with Crippen molar-refractivity contribution in [3.05, 3.63) is 88.2 Å². The predicted molar refractivity (Wildman–Crippen MR) is 115 cm³/mol. The van der Waals surface area contributed by atoms with Gasteiger partial charge in [0.1, 0.15) is 5.69 Å². The van der Waals surface area contributed by atoms with Crippen LogP contribution in [0.3, 0.4) is 0 Å². The van der Waals surface area contributed by atoms with Gasteiger partial charge in [0.15, 0.2) is 23.3 Å². The zero-order valence-corrected chi connectivity index (χ0v) is 17.5. The number of aromatic nitrogens is 1. The molecule has 0 aliphatic heterocycles. The third-order valence-electron chi connectivity index (χ3n) is 5.04. The van der Waals surface area contributed by atoms with Gasteiger partial charge in [0.05, 0.1) is 5.56 Å². The van der Waals surface area contributed by atoms with Crippen LogP contribution in [0, 0.1) is 35.1 Å². The number of hydrogen-bond acceptors (Lipinski definition) is 1. The molecule has 31 heavy (non-hydrogen) atoms. The highest BCUT2D eigenvalue weighted by Gasteiger charge is 2.15. The number of halogens is 4. The molecule has 0 N–H and O–H groups in total. The fourth-order valence-corrected chi connectivity index (χ4v) is 3.28. The minimum Gasteiger partial charge on any atom is -0.247 e. The third kappa shape index (κ3) is 5.14. The molecule has 0 radical (unpaired) electrons. The van der Waals surface area contributed by atoms with Crippen LogP contribution < -0.4 is 0 Å². The maximum absolute atomic E-state index is 14.5. The van der Waals surface area contributed by atoms with Crippen molar-refractivity contribution in [3.8, 4) is 23.0 Å². The molecule has 0 aliphatic carbocycles. The lowest BCUT2D eigenvalue weighted by atomic mass is 10.0. The Kier molecular flexibility index (Phi) is 7.46. The number of nitrogens with zero attached hydrogens (tertiary/aromatic N) is 1. The monoisotopic (exact) mass is 425 g/mol. The maximum atomic E-state index is 14.5. The zero-order valence-electron chi connectivity index (χ0n) is 17.5. The first-order valence-corrected chi connectivity index (χ1v) is 10.4. The number of hydrogen-bond donors (Lipinski definition) is 0. The average molecular weight is 425 g/mol. The van der Waals surface area contributed by atoms with E-state index in [-0.39, 0.29) is 11.1 Å². The van der Waals surface area contributed by atoms with Gasteiger partial charge >= 0.3 is 0 Å². The number of pyridine rings is 1. The van der Waals surface area contributed by atoms with Gasteiger partial charge in [-0.2, -0.15) is 0 Å². The number of rotatable bonds is 6. The maximum Gasteiger partial charge on any atom is 0.174 e. The summed E-state index contributed by atoms with van der Waals surface area (Å²) in [4.78, 5) is 4.13. The van der Waals surface area contributed by atoms with E-state index in [2.05, 4.69) is 16.8 Å². The minimum absolute atomic E-state index is 0.0565. The van der Waals surface area contributed by atoms with Crippen molar-refractivity contribution in [1.82, 2.24) is 4.98 Å². The smallest absolute Gasteiger partial charge is 0.174 e. The molecule has 0 atom stereocenters. The van der Waals surface area contributed by atoms with Gasteiger partial charge in [-0.3, -0.25) is 0 Å². The van der Waals surface area contributed by atoms with Crippen LogP contribution in [0.5, 0.6) is 0 Å². The lowest BCUT2D eigenvalue weighted by molar-refractivity contribution is 0.496. The SMILES string of the molecule is CCCCc1ccc(-c2ccc(C#Cc3ccc(CCC)c(F)c3F)nc2)c(F)c1F. The molecule has 3 rings (SSSR count). The normalized spacial score (nSPS) is 10.6. The summed E-state index contributed by atoms with van der Waals surface area (Å²) in [7, 11) is 0. The molecular weight excluding hydrogens is 402 g/mol. The third-order valence-corrected chi connectivity index (χ3v) is 5.04. The van der Waals surface area contributed by atoms with Crippen molar-refractivity contribution >= 4 is 0 Å². The van der Waals surface area contributed by atoms with Crippen LogP contribution in [0.1, 0.15) is 55.5 Å². The average Bonchev–Trinajstić information content (AvgIpc) is 2.78. The Morgan fingerprint density at radius 2 is 1.42 bits per heavy atom. The van der Waals surface area contributed by atoms with Gasteiger partial charge in [0.25, 0.3) is 0 Å². The molecule has 0 saturated carbocycles. The van der Waals surface area contributed by atoms with E-state index in [9.17, 15) is 17.6 Å². The zero-order chi connectivity index (χ0) is 22.4. The van der Waals surface area contributed by atoms with E-state index in [4.69, 9.17) is 0 Å². The summed E-state index contributed by atoms with van der Waals surface area (Å²) in [6.07, 6.45) is 4.72. The summed E-state index contributed by atoms with van der Waals surface area (Å²) < 4.78 is 57.1. The van der Waals surface area contributed by atoms with Gasteiger partial charge in [-0.15, -0.1) is 0 Å². The summed E-state index contributed by atoms with van der Waals surface area (Å²) in [6, 6.07) is 9.22. The van der Waals surface area contributed by atoms with Crippen LogP contribution >= 0.6 is 0 Å². The largest absolute Gasteiger partial charge is 0.247 e. The Labute approximate surface area is 180 Å². The minimum atomic E-state index is -0.976. The number of benzene rings is 2. The molecule has 160 valence electrons. The van der Waals surface area contributed by atoms with Crippen molar-refractivity contribution in [3.63, 3.8) is 0 Å². The van der Waals surface area contributed by atoms with Gasteiger partial charge in [-0.25, -0.2) is 22.5 Å². The Morgan fingerprint density at radius 1 is 0.710 bits per heavy atom. The van der Waals surface area contributed by atoms with E-state index in [1.165, 1.54) is 24.4 Å². The Balaban J connectivity index is 1.83. The first-order valence-electron chi connectivity index (χ1n) is 10.4. The molecule has 1 nitrogen and oxygen atoms in total. The quantitative estimate of drug-likeness (QED) is 0.306. The van der Waals surface area contributed by atoms with E-state index in [0.717, 1.165) is 12.8 Å². The van der Waals surface area contributed by atoms with Crippen LogP contribution in [0.2, 0.25) is 0 Å². The molecule has 0 amide bonds. The van der Waals surface area contributed by atoms with Crippen LogP contribution in [0.25, 0.3) is 11.1 Å². The molecule has 0 unspecified atom stereocenters. The van der Waals surface area contributed by atoms with Crippen LogP contribution in [-0.2, 0) is 12.8 Å². The highest BCUT2D eigenvalue weighted by molar-refractivity contribution is 5.64. The van der Waals surface area contributed by atoms with Gasteiger partial charge in [-0.1, -0.05) is 50.8 Å². The molecule has 5 heteroatoms.